The van der Waals surface area contributed by atoms with Crippen LogP contribution in [0.2, 0.25) is 5.02 Å². The molecule has 0 bridgehead atoms. The van der Waals surface area contributed by atoms with E-state index in [0.717, 1.165) is 36.3 Å². The number of hydrogen-bond donors (Lipinski definition) is 1. The smallest absolute Gasteiger partial charge is 0.259 e. The van der Waals surface area contributed by atoms with Gasteiger partial charge in [0.25, 0.3) is 16.9 Å². The van der Waals surface area contributed by atoms with E-state index in [-0.39, 0.29) is 23.6 Å². The van der Waals surface area contributed by atoms with Crippen LogP contribution < -0.4 is 20.6 Å². The molecular formula is C28H34ClN3O4S. The second kappa shape index (κ2) is 9.71. The van der Waals surface area contributed by atoms with Crippen molar-refractivity contribution >= 4 is 34.1 Å². The van der Waals surface area contributed by atoms with Gasteiger partial charge in [0.05, 0.1) is 22.5 Å². The maximum absolute atomic E-state index is 13.7. The van der Waals surface area contributed by atoms with Crippen LogP contribution in [0.5, 0.6) is 11.5 Å². The topological polar surface area (TPSA) is 76.6 Å². The Labute approximate surface area is 226 Å². The first-order valence-electron chi connectivity index (χ1n) is 12.7. The van der Waals surface area contributed by atoms with Gasteiger partial charge in [0, 0.05) is 46.6 Å². The van der Waals surface area contributed by atoms with E-state index in [4.69, 9.17) is 21.1 Å². The number of aromatic amines is 1. The summed E-state index contributed by atoms with van der Waals surface area (Å²) < 4.78 is 14.5. The first-order valence-corrected chi connectivity index (χ1v) is 14.3. The van der Waals surface area contributed by atoms with Crippen LogP contribution in [0.4, 0.5) is 0 Å². The Balaban J connectivity index is 1.53. The summed E-state index contributed by atoms with van der Waals surface area (Å²) in [6.07, 6.45) is 7.80. The largest absolute Gasteiger partial charge is 0.448 e. The van der Waals surface area contributed by atoms with Crippen LogP contribution in [0.3, 0.4) is 0 Å². The molecule has 0 unspecified atom stereocenters. The lowest BCUT2D eigenvalue weighted by molar-refractivity contribution is -0.123. The van der Waals surface area contributed by atoms with Crippen molar-refractivity contribution in [2.45, 2.75) is 69.7 Å². The van der Waals surface area contributed by atoms with Crippen LogP contribution in [0.25, 0.3) is 10.8 Å². The Morgan fingerprint density at radius 3 is 2.49 bits per heavy atom. The van der Waals surface area contributed by atoms with Gasteiger partial charge in [0.2, 0.25) is 0 Å². The van der Waals surface area contributed by atoms with Crippen molar-refractivity contribution in [2.75, 3.05) is 20.4 Å². The molecule has 2 aliphatic rings. The third-order valence-corrected chi connectivity index (χ3v) is 9.26. The van der Waals surface area contributed by atoms with E-state index in [1.807, 2.05) is 39.2 Å². The fourth-order valence-electron chi connectivity index (χ4n) is 5.86. The molecule has 3 aromatic rings. The number of fused-ring (bicyclic) bond motifs is 2. The average molecular weight is 544 g/mol. The van der Waals surface area contributed by atoms with E-state index in [1.165, 1.54) is 11.8 Å². The molecule has 1 N–H and O–H groups in total. The molecular weight excluding hydrogens is 510 g/mol. The number of hydrogen-bond acceptors (Lipinski definition) is 6. The predicted octanol–water partition coefficient (Wildman–Crippen LogP) is 5.34. The maximum atomic E-state index is 13.7. The van der Waals surface area contributed by atoms with E-state index in [9.17, 15) is 9.59 Å². The lowest BCUT2D eigenvalue weighted by atomic mass is 9.81. The number of ether oxygens (including phenoxy) is 2. The summed E-state index contributed by atoms with van der Waals surface area (Å²) in [7, 11) is 4.26. The minimum Gasteiger partial charge on any atom is -0.448 e. The number of nitrogens with zero attached hydrogens (tertiary/aromatic N) is 2. The number of rotatable bonds is 5. The second-order valence-corrected chi connectivity index (χ2v) is 11.9. The van der Waals surface area contributed by atoms with Gasteiger partial charge in [-0.15, -0.1) is 11.8 Å². The number of pyridine rings is 2. The molecule has 3 heterocycles. The van der Waals surface area contributed by atoms with Crippen molar-refractivity contribution in [3.63, 3.8) is 0 Å². The van der Waals surface area contributed by atoms with Crippen LogP contribution in [0.15, 0.2) is 32.8 Å². The van der Waals surface area contributed by atoms with Gasteiger partial charge >= 0.3 is 0 Å². The third kappa shape index (κ3) is 4.47. The Kier molecular flexibility index (Phi) is 6.88. The van der Waals surface area contributed by atoms with Gasteiger partial charge in [0.1, 0.15) is 0 Å². The molecule has 37 heavy (non-hydrogen) atoms. The highest BCUT2D eigenvalue weighted by Gasteiger charge is 2.47. The Morgan fingerprint density at radius 1 is 1.16 bits per heavy atom. The summed E-state index contributed by atoms with van der Waals surface area (Å²) in [6.45, 7) is 5.88. The summed E-state index contributed by atoms with van der Waals surface area (Å²) in [5.41, 5.74) is 1.66. The van der Waals surface area contributed by atoms with Crippen molar-refractivity contribution in [1.29, 1.82) is 0 Å². The monoisotopic (exact) mass is 543 g/mol. The summed E-state index contributed by atoms with van der Waals surface area (Å²) in [4.78, 5) is 32.4. The van der Waals surface area contributed by atoms with E-state index in [0.29, 0.717) is 44.5 Å². The fraction of sp³-hybridized carbons (Fsp3) is 0.500. The number of nitrogens with one attached hydrogen (secondary N) is 1. The van der Waals surface area contributed by atoms with Gasteiger partial charge in [-0.2, -0.15) is 0 Å². The van der Waals surface area contributed by atoms with Gasteiger partial charge < -0.3 is 23.9 Å². The highest BCUT2D eigenvalue weighted by molar-refractivity contribution is 7.98. The van der Waals surface area contributed by atoms with Crippen LogP contribution in [-0.4, -0.2) is 46.6 Å². The molecule has 1 aliphatic heterocycles. The minimum absolute atomic E-state index is 0.166. The molecule has 5 rings (SSSR count). The lowest BCUT2D eigenvalue weighted by Gasteiger charge is -2.39. The van der Waals surface area contributed by atoms with Crippen molar-refractivity contribution < 1.29 is 9.47 Å². The van der Waals surface area contributed by atoms with Crippen molar-refractivity contribution in [3.8, 4) is 11.5 Å². The lowest BCUT2D eigenvalue weighted by Crippen LogP contribution is -2.46. The molecule has 9 heteroatoms. The highest BCUT2D eigenvalue weighted by Crippen LogP contribution is 2.53. The molecule has 0 radical (unpaired) electrons. The number of H-pyrrole nitrogens is 1. The summed E-state index contributed by atoms with van der Waals surface area (Å²) >= 11 is 8.34. The molecule has 198 valence electrons. The van der Waals surface area contributed by atoms with Gasteiger partial charge in [0.15, 0.2) is 11.5 Å². The minimum atomic E-state index is -0.827. The first kappa shape index (κ1) is 26.2. The summed E-state index contributed by atoms with van der Waals surface area (Å²) in [5, 5.41) is 1.51. The SMILES string of the molecule is CSc1cc(C)[nH]c(=O)c1Cn1ccc2c(Cl)c3c(c(C)c2c1=O)O[C@@](C)(C1CCC(N(C)C)CC1)O3. The van der Waals surface area contributed by atoms with Gasteiger partial charge in [-0.1, -0.05) is 11.6 Å². The number of thioether (sulfide) groups is 1. The van der Waals surface area contributed by atoms with Crippen LogP contribution in [-0.2, 0) is 6.54 Å². The number of benzene rings is 1. The zero-order valence-corrected chi connectivity index (χ0v) is 23.8. The van der Waals surface area contributed by atoms with Gasteiger partial charge in [-0.3, -0.25) is 9.59 Å². The van der Waals surface area contributed by atoms with Crippen molar-refractivity contribution in [1.82, 2.24) is 14.5 Å². The second-order valence-electron chi connectivity index (χ2n) is 10.7. The molecule has 1 saturated carbocycles. The van der Waals surface area contributed by atoms with Crippen LogP contribution in [0.1, 0.15) is 49.4 Å². The first-order chi connectivity index (χ1) is 17.5. The molecule has 1 aromatic carbocycles. The molecule has 7 nitrogen and oxygen atoms in total. The van der Waals surface area contributed by atoms with Crippen LogP contribution in [0, 0.1) is 19.8 Å². The maximum Gasteiger partial charge on any atom is 0.259 e. The summed E-state index contributed by atoms with van der Waals surface area (Å²) in [6, 6.07) is 4.33. The third-order valence-electron chi connectivity index (χ3n) is 8.08. The molecule has 0 amide bonds. The van der Waals surface area contributed by atoms with Gasteiger partial charge in [-0.25, -0.2) is 0 Å². The zero-order chi connectivity index (χ0) is 26.6. The summed E-state index contributed by atoms with van der Waals surface area (Å²) in [5.74, 6) is 0.458. The number of halogens is 1. The van der Waals surface area contributed by atoms with Crippen molar-refractivity contribution in [2.24, 2.45) is 5.92 Å². The average Bonchev–Trinajstić information content (AvgIpc) is 3.24. The quantitative estimate of drug-likeness (QED) is 0.438. The molecule has 2 aromatic heterocycles. The molecule has 0 spiro atoms. The molecule has 0 saturated heterocycles. The van der Waals surface area contributed by atoms with E-state index in [1.54, 1.807) is 10.8 Å². The number of aryl methyl sites for hydroxylation is 2. The van der Waals surface area contributed by atoms with E-state index in [2.05, 4.69) is 24.0 Å². The standard InChI is InChI=1S/C28H34ClN3O4S/c1-15-13-21(37-6)20(26(33)30-15)14-32-12-11-19-22(27(32)34)16(2)24-25(23(19)29)36-28(3,35-24)17-7-9-18(10-8-17)31(4)5/h11-13,17-18H,7-10,14H2,1-6H3,(H,30,33)/t17?,18?,28-/m1/s1. The number of aromatic nitrogens is 2. The molecule has 1 aliphatic carbocycles. The Morgan fingerprint density at radius 2 is 1.84 bits per heavy atom. The van der Waals surface area contributed by atoms with Crippen LogP contribution >= 0.6 is 23.4 Å². The molecule has 1 fully saturated rings. The fourth-order valence-corrected chi connectivity index (χ4v) is 6.84. The van der Waals surface area contributed by atoms with E-state index >= 15 is 0 Å². The predicted molar refractivity (Wildman–Crippen MR) is 150 cm³/mol. The normalized spacial score (nSPS) is 23.2. The van der Waals surface area contributed by atoms with Gasteiger partial charge in [-0.05, 0) is 72.0 Å². The Bertz CT molecular complexity index is 1490. The van der Waals surface area contributed by atoms with E-state index < -0.39 is 5.79 Å². The van der Waals surface area contributed by atoms with Crippen molar-refractivity contribution in [3.05, 3.63) is 60.9 Å². The zero-order valence-electron chi connectivity index (χ0n) is 22.2. The highest BCUT2D eigenvalue weighted by atomic mass is 35.5. The Hall–Kier alpha value is -2.42. The molecule has 1 atom stereocenters.